The number of pyridine rings is 2. The Bertz CT molecular complexity index is 1070. The molecule has 2 amide bonds. The first-order valence-electron chi connectivity index (χ1n) is 12.2. The van der Waals surface area contributed by atoms with Gasteiger partial charge in [0.15, 0.2) is 0 Å². The average Bonchev–Trinajstić information content (AvgIpc) is 3.31. The number of carbonyl (C=O) groups excluding carboxylic acids is 1. The quantitative estimate of drug-likeness (QED) is 0.507. The molecule has 3 aliphatic rings. The number of aromatic nitrogens is 2. The van der Waals surface area contributed by atoms with Gasteiger partial charge in [-0.2, -0.15) is 17.6 Å². The minimum absolute atomic E-state index is 0.127. The van der Waals surface area contributed by atoms with Crippen LogP contribution < -0.4 is 5.32 Å². The third-order valence-corrected chi connectivity index (χ3v) is 7.45. The van der Waals surface area contributed by atoms with E-state index in [9.17, 15) is 22.4 Å². The van der Waals surface area contributed by atoms with Crippen LogP contribution in [0.2, 0.25) is 0 Å². The predicted octanol–water partition coefficient (Wildman–Crippen LogP) is 4.50. The number of hydrogen-bond donors (Lipinski definition) is 1. The van der Waals surface area contributed by atoms with Gasteiger partial charge < -0.3 is 15.1 Å². The summed E-state index contributed by atoms with van der Waals surface area (Å²) >= 11 is 0. The lowest BCUT2D eigenvalue weighted by molar-refractivity contribution is -0.137. The van der Waals surface area contributed by atoms with E-state index < -0.39 is 17.7 Å². The van der Waals surface area contributed by atoms with E-state index in [1.165, 1.54) is 6.07 Å². The smallest absolute Gasteiger partial charge is 0.323 e. The molecule has 1 saturated carbocycles. The molecular formula is C25H29F4N5O. The summed E-state index contributed by atoms with van der Waals surface area (Å²) in [5.41, 5.74) is 1.14. The molecule has 0 spiro atoms. The van der Waals surface area contributed by atoms with Crippen LogP contribution in [0.25, 0.3) is 0 Å². The van der Waals surface area contributed by atoms with Gasteiger partial charge >= 0.3 is 12.2 Å². The van der Waals surface area contributed by atoms with Gasteiger partial charge in [0.2, 0.25) is 5.95 Å². The van der Waals surface area contributed by atoms with Crippen molar-refractivity contribution in [3.63, 3.8) is 0 Å². The lowest BCUT2D eigenvalue weighted by atomic mass is 9.83. The van der Waals surface area contributed by atoms with Gasteiger partial charge in [0.05, 0.1) is 5.56 Å². The van der Waals surface area contributed by atoms with Crippen LogP contribution in [0.3, 0.4) is 0 Å². The third kappa shape index (κ3) is 5.42. The number of halogens is 4. The molecule has 1 atom stereocenters. The monoisotopic (exact) mass is 491 g/mol. The summed E-state index contributed by atoms with van der Waals surface area (Å²) in [6, 6.07) is 6.50. The molecule has 2 aromatic rings. The number of nitrogens with one attached hydrogen (secondary N) is 1. The van der Waals surface area contributed by atoms with Gasteiger partial charge in [0.25, 0.3) is 0 Å². The predicted molar refractivity (Wildman–Crippen MR) is 121 cm³/mol. The summed E-state index contributed by atoms with van der Waals surface area (Å²) in [5, 5.41) is 3.69. The lowest BCUT2D eigenvalue weighted by Crippen LogP contribution is -2.47. The Labute approximate surface area is 201 Å². The van der Waals surface area contributed by atoms with E-state index in [2.05, 4.69) is 15.3 Å². The summed E-state index contributed by atoms with van der Waals surface area (Å²) in [7, 11) is 0. The fourth-order valence-electron chi connectivity index (χ4n) is 5.56. The minimum atomic E-state index is -4.45. The van der Waals surface area contributed by atoms with Crippen LogP contribution >= 0.6 is 0 Å². The summed E-state index contributed by atoms with van der Waals surface area (Å²) in [5.74, 6) is -0.160. The molecule has 5 rings (SSSR count). The lowest BCUT2D eigenvalue weighted by Gasteiger charge is -2.33. The molecule has 10 heteroatoms. The Morgan fingerprint density at radius 2 is 1.83 bits per heavy atom. The zero-order valence-corrected chi connectivity index (χ0v) is 19.4. The topological polar surface area (TPSA) is 61.4 Å². The van der Waals surface area contributed by atoms with Crippen molar-refractivity contribution in [1.29, 1.82) is 0 Å². The Morgan fingerprint density at radius 1 is 1.03 bits per heavy atom. The van der Waals surface area contributed by atoms with Gasteiger partial charge in [0, 0.05) is 68.2 Å². The van der Waals surface area contributed by atoms with E-state index in [4.69, 9.17) is 0 Å². The number of nitrogens with zero attached hydrogens (tertiary/aromatic N) is 4. The second-order valence-electron chi connectivity index (χ2n) is 9.81. The molecule has 0 radical (unpaired) electrons. The van der Waals surface area contributed by atoms with Crippen molar-refractivity contribution >= 4 is 6.03 Å². The number of hydrogen-bond acceptors (Lipinski definition) is 4. The molecule has 2 fully saturated rings. The molecule has 2 aliphatic heterocycles. The van der Waals surface area contributed by atoms with Crippen molar-refractivity contribution in [1.82, 2.24) is 25.1 Å². The first kappa shape index (κ1) is 24.0. The molecule has 4 heterocycles. The largest absolute Gasteiger partial charge is 0.417 e. The third-order valence-electron chi connectivity index (χ3n) is 7.45. The second kappa shape index (κ2) is 9.72. The average molecular weight is 492 g/mol. The van der Waals surface area contributed by atoms with Gasteiger partial charge in [-0.05, 0) is 55.9 Å². The Hall–Kier alpha value is -2.75. The van der Waals surface area contributed by atoms with Crippen LogP contribution in [0.4, 0.5) is 22.4 Å². The van der Waals surface area contributed by atoms with E-state index in [0.29, 0.717) is 43.4 Å². The maximum atomic E-state index is 13.4. The van der Waals surface area contributed by atoms with Crippen molar-refractivity contribution in [2.24, 2.45) is 0 Å². The van der Waals surface area contributed by atoms with Gasteiger partial charge in [-0.3, -0.25) is 4.98 Å². The van der Waals surface area contributed by atoms with Crippen LogP contribution in [0.1, 0.15) is 60.5 Å². The van der Waals surface area contributed by atoms with Crippen molar-refractivity contribution in [3.05, 3.63) is 58.9 Å². The number of likely N-dealkylation sites (tertiary alicyclic amines) is 1. The van der Waals surface area contributed by atoms with Gasteiger partial charge in [-0.1, -0.05) is 6.07 Å². The standard InChI is InChI=1S/C25H29F4N5O/c26-23-3-1-2-22(32-23)16-4-6-19(7-5-16)31-20-8-10-34(15-20)24(35)33-11-9-21-17(14-33)12-18(13-30-21)25(27,28)29/h1-3,12-13,16,19-20,31H,4-11,14-15H2. The molecule has 1 saturated heterocycles. The highest BCUT2D eigenvalue weighted by atomic mass is 19.4. The van der Waals surface area contributed by atoms with Crippen molar-refractivity contribution in [2.45, 2.75) is 69.2 Å². The number of rotatable bonds is 3. The molecule has 2 aromatic heterocycles. The molecule has 1 N–H and O–H groups in total. The Balaban J connectivity index is 1.12. The van der Waals surface area contributed by atoms with Gasteiger partial charge in [-0.15, -0.1) is 0 Å². The van der Waals surface area contributed by atoms with Crippen LogP contribution in [-0.2, 0) is 19.1 Å². The summed E-state index contributed by atoms with van der Waals surface area (Å²) in [4.78, 5) is 24.5. The molecular weight excluding hydrogens is 462 g/mol. The zero-order valence-electron chi connectivity index (χ0n) is 19.4. The Kier molecular flexibility index (Phi) is 6.65. The van der Waals surface area contributed by atoms with Crippen LogP contribution in [0.15, 0.2) is 30.5 Å². The SMILES string of the molecule is O=C(N1CCc2ncc(C(F)(F)F)cc2C1)N1CCC(NC2CCC(c3cccc(F)n3)CC2)C1. The highest BCUT2D eigenvalue weighted by Crippen LogP contribution is 2.33. The van der Waals surface area contributed by atoms with Crippen molar-refractivity contribution in [2.75, 3.05) is 19.6 Å². The number of alkyl halides is 3. The molecule has 188 valence electrons. The van der Waals surface area contributed by atoms with Crippen LogP contribution in [0.5, 0.6) is 0 Å². The first-order valence-corrected chi connectivity index (χ1v) is 12.2. The van der Waals surface area contributed by atoms with E-state index in [-0.39, 0.29) is 24.5 Å². The highest BCUT2D eigenvalue weighted by molar-refractivity contribution is 5.75. The molecule has 0 bridgehead atoms. The first-order chi connectivity index (χ1) is 16.8. The van der Waals surface area contributed by atoms with E-state index in [1.54, 1.807) is 15.9 Å². The fraction of sp³-hybridized carbons (Fsp3) is 0.560. The number of amides is 2. The molecule has 6 nitrogen and oxygen atoms in total. The van der Waals surface area contributed by atoms with E-state index >= 15 is 0 Å². The molecule has 1 unspecified atom stereocenters. The number of fused-ring (bicyclic) bond motifs is 1. The van der Waals surface area contributed by atoms with E-state index in [0.717, 1.165) is 50.1 Å². The Morgan fingerprint density at radius 3 is 2.57 bits per heavy atom. The van der Waals surface area contributed by atoms with Gasteiger partial charge in [-0.25, -0.2) is 9.78 Å². The summed E-state index contributed by atoms with van der Waals surface area (Å²) < 4.78 is 52.6. The second-order valence-corrected chi connectivity index (χ2v) is 9.81. The highest BCUT2D eigenvalue weighted by Gasteiger charge is 2.35. The van der Waals surface area contributed by atoms with Crippen molar-refractivity contribution < 1.29 is 22.4 Å². The summed E-state index contributed by atoms with van der Waals surface area (Å²) in [6.45, 7) is 1.83. The number of carbonyl (C=O) groups is 1. The van der Waals surface area contributed by atoms with Crippen LogP contribution in [-0.4, -0.2) is 57.5 Å². The summed E-state index contributed by atoms with van der Waals surface area (Å²) in [6.07, 6.45) is 1.58. The molecule has 0 aromatic carbocycles. The molecule has 1 aliphatic carbocycles. The van der Waals surface area contributed by atoms with E-state index in [1.807, 2.05) is 6.07 Å². The van der Waals surface area contributed by atoms with Gasteiger partial charge in [0.1, 0.15) is 0 Å². The maximum absolute atomic E-state index is 13.4. The minimum Gasteiger partial charge on any atom is -0.323 e. The number of urea groups is 1. The van der Waals surface area contributed by atoms with Crippen molar-refractivity contribution in [3.8, 4) is 0 Å². The van der Waals surface area contributed by atoms with Crippen LogP contribution in [0, 0.1) is 5.95 Å². The maximum Gasteiger partial charge on any atom is 0.417 e. The normalized spacial score (nSPS) is 25.0. The fourth-order valence-corrected chi connectivity index (χ4v) is 5.56. The molecule has 35 heavy (non-hydrogen) atoms. The zero-order chi connectivity index (χ0) is 24.6.